The van der Waals surface area contributed by atoms with Gasteiger partial charge in [0.05, 0.1) is 25.4 Å². The van der Waals surface area contributed by atoms with Crippen molar-refractivity contribution in [1.29, 1.82) is 0 Å². The molecule has 0 spiro atoms. The molecule has 4 nitrogen and oxygen atoms in total. The monoisotopic (exact) mass is 263 g/mol. The van der Waals surface area contributed by atoms with Gasteiger partial charge in [0, 0.05) is 6.04 Å². The summed E-state index contributed by atoms with van der Waals surface area (Å²) in [5.74, 6) is 0. The molecule has 0 aromatic heterocycles. The van der Waals surface area contributed by atoms with E-state index in [0.29, 0.717) is 6.61 Å². The molecule has 2 fully saturated rings. The molecule has 0 radical (unpaired) electrons. The van der Waals surface area contributed by atoms with Crippen LogP contribution < -0.4 is 0 Å². The van der Waals surface area contributed by atoms with Gasteiger partial charge in [-0.1, -0.05) is 30.3 Å². The lowest BCUT2D eigenvalue weighted by atomic mass is 10.0. The van der Waals surface area contributed by atoms with Crippen LogP contribution in [0.25, 0.3) is 0 Å². The third-order valence-electron chi connectivity index (χ3n) is 4.35. The third kappa shape index (κ3) is 2.41. The Morgan fingerprint density at radius 2 is 2.05 bits per heavy atom. The van der Waals surface area contributed by atoms with Crippen molar-refractivity contribution >= 4 is 0 Å². The zero-order chi connectivity index (χ0) is 13.2. The Bertz CT molecular complexity index is 411. The summed E-state index contributed by atoms with van der Waals surface area (Å²) in [6.45, 7) is 1.49. The maximum atomic E-state index is 10.4. The van der Waals surface area contributed by atoms with Crippen LogP contribution in [0.1, 0.15) is 18.4 Å². The second-order valence-corrected chi connectivity index (χ2v) is 5.45. The predicted octanol–water partition coefficient (Wildman–Crippen LogP) is 0.772. The topological polar surface area (TPSA) is 52.9 Å². The van der Waals surface area contributed by atoms with Crippen molar-refractivity contribution in [2.45, 2.75) is 43.7 Å². The number of aliphatic hydroxyl groups excluding tert-OH is 2. The second-order valence-electron chi connectivity index (χ2n) is 5.45. The Morgan fingerprint density at radius 1 is 1.26 bits per heavy atom. The highest BCUT2D eigenvalue weighted by molar-refractivity contribution is 5.14. The van der Waals surface area contributed by atoms with E-state index < -0.39 is 6.10 Å². The second kappa shape index (κ2) is 5.59. The highest BCUT2D eigenvalue weighted by atomic mass is 16.5. The van der Waals surface area contributed by atoms with Crippen molar-refractivity contribution in [3.05, 3.63) is 35.9 Å². The van der Waals surface area contributed by atoms with E-state index >= 15 is 0 Å². The molecule has 0 unspecified atom stereocenters. The van der Waals surface area contributed by atoms with Gasteiger partial charge in [-0.25, -0.2) is 0 Å². The van der Waals surface area contributed by atoms with Gasteiger partial charge >= 0.3 is 0 Å². The molecule has 2 N–H and O–H groups in total. The first kappa shape index (κ1) is 13.1. The largest absolute Gasteiger partial charge is 0.395 e. The molecule has 4 atom stereocenters. The molecule has 2 saturated heterocycles. The predicted molar refractivity (Wildman–Crippen MR) is 71.6 cm³/mol. The van der Waals surface area contributed by atoms with Crippen molar-refractivity contribution in [1.82, 2.24) is 4.90 Å². The summed E-state index contributed by atoms with van der Waals surface area (Å²) in [5.41, 5.74) is 1.10. The average Bonchev–Trinajstić information content (AvgIpc) is 3.00. The Kier molecular flexibility index (Phi) is 3.84. The fourth-order valence-corrected chi connectivity index (χ4v) is 3.41. The fourth-order valence-electron chi connectivity index (χ4n) is 3.41. The maximum absolute atomic E-state index is 10.4. The van der Waals surface area contributed by atoms with Crippen LogP contribution in [0.4, 0.5) is 0 Å². The van der Waals surface area contributed by atoms with E-state index in [1.165, 1.54) is 0 Å². The Morgan fingerprint density at radius 3 is 2.79 bits per heavy atom. The van der Waals surface area contributed by atoms with Crippen molar-refractivity contribution in [3.8, 4) is 0 Å². The number of hydrogen-bond donors (Lipinski definition) is 2. The normalized spacial score (nSPS) is 34.6. The minimum Gasteiger partial charge on any atom is -0.395 e. The summed E-state index contributed by atoms with van der Waals surface area (Å²) < 4.78 is 5.89. The van der Waals surface area contributed by atoms with E-state index in [0.717, 1.165) is 24.9 Å². The van der Waals surface area contributed by atoms with Crippen molar-refractivity contribution in [3.63, 3.8) is 0 Å². The SMILES string of the molecule is OC[C@@H]1[C@@H](OCc2ccccc2)[C@H](O)[C@@H]2CCCN12. The number of hydrogen-bond acceptors (Lipinski definition) is 4. The van der Waals surface area contributed by atoms with Gasteiger partial charge in [-0.05, 0) is 24.9 Å². The Hall–Kier alpha value is -0.940. The summed E-state index contributed by atoms with van der Waals surface area (Å²) in [6, 6.07) is 10.0. The lowest BCUT2D eigenvalue weighted by molar-refractivity contribution is -0.0496. The quantitative estimate of drug-likeness (QED) is 0.842. The van der Waals surface area contributed by atoms with Crippen LogP contribution >= 0.6 is 0 Å². The maximum Gasteiger partial charge on any atom is 0.103 e. The van der Waals surface area contributed by atoms with Crippen LogP contribution in [0.3, 0.4) is 0 Å². The number of ether oxygens (including phenoxy) is 1. The van der Waals surface area contributed by atoms with Gasteiger partial charge in [-0.15, -0.1) is 0 Å². The summed E-state index contributed by atoms with van der Waals surface area (Å²) in [4.78, 5) is 2.21. The average molecular weight is 263 g/mol. The fraction of sp³-hybridized carbons (Fsp3) is 0.600. The van der Waals surface area contributed by atoms with Gasteiger partial charge in [-0.3, -0.25) is 4.90 Å². The van der Waals surface area contributed by atoms with E-state index in [9.17, 15) is 10.2 Å². The third-order valence-corrected chi connectivity index (χ3v) is 4.35. The number of rotatable bonds is 4. The van der Waals surface area contributed by atoms with Crippen LogP contribution in [0.15, 0.2) is 30.3 Å². The molecule has 3 rings (SSSR count). The van der Waals surface area contributed by atoms with E-state index in [1.54, 1.807) is 0 Å². The summed E-state index contributed by atoms with van der Waals surface area (Å²) in [7, 11) is 0. The van der Waals surface area contributed by atoms with Gasteiger partial charge in [0.15, 0.2) is 0 Å². The van der Waals surface area contributed by atoms with E-state index in [1.807, 2.05) is 30.3 Å². The molecule has 0 aliphatic carbocycles. The van der Waals surface area contributed by atoms with Crippen LogP contribution in [-0.2, 0) is 11.3 Å². The van der Waals surface area contributed by atoms with Crippen molar-refractivity contribution < 1.29 is 14.9 Å². The van der Waals surface area contributed by atoms with Gasteiger partial charge in [0.25, 0.3) is 0 Å². The molecule has 1 aromatic carbocycles. The molecule has 104 valence electrons. The number of benzene rings is 1. The van der Waals surface area contributed by atoms with E-state index in [2.05, 4.69) is 4.90 Å². The molecule has 2 aliphatic heterocycles. The highest BCUT2D eigenvalue weighted by Crippen LogP contribution is 2.34. The van der Waals surface area contributed by atoms with Crippen LogP contribution in [-0.4, -0.2) is 52.6 Å². The first-order chi connectivity index (χ1) is 9.31. The summed E-state index contributed by atoms with van der Waals surface area (Å²) >= 11 is 0. The number of fused-ring (bicyclic) bond motifs is 1. The first-order valence-corrected chi connectivity index (χ1v) is 7.01. The van der Waals surface area contributed by atoms with Crippen LogP contribution in [0, 0.1) is 0 Å². The zero-order valence-electron chi connectivity index (χ0n) is 11.0. The molecule has 19 heavy (non-hydrogen) atoms. The van der Waals surface area contributed by atoms with Crippen molar-refractivity contribution in [2.24, 2.45) is 0 Å². The van der Waals surface area contributed by atoms with Gasteiger partial charge < -0.3 is 14.9 Å². The Labute approximate surface area is 113 Å². The van der Waals surface area contributed by atoms with E-state index in [4.69, 9.17) is 4.74 Å². The first-order valence-electron chi connectivity index (χ1n) is 7.01. The summed E-state index contributed by atoms with van der Waals surface area (Å²) in [5, 5.41) is 19.9. The molecule has 2 heterocycles. The summed E-state index contributed by atoms with van der Waals surface area (Å²) in [6.07, 6.45) is 1.34. The number of aliphatic hydroxyl groups is 2. The molecule has 1 aromatic rings. The molecule has 2 aliphatic rings. The Balaban J connectivity index is 1.66. The highest BCUT2D eigenvalue weighted by Gasteiger charge is 2.50. The minimum absolute atomic E-state index is 0.0486. The van der Waals surface area contributed by atoms with Gasteiger partial charge in [0.2, 0.25) is 0 Å². The van der Waals surface area contributed by atoms with Crippen LogP contribution in [0.2, 0.25) is 0 Å². The lowest BCUT2D eigenvalue weighted by Crippen LogP contribution is -2.40. The molecule has 4 heteroatoms. The molecule has 0 amide bonds. The lowest BCUT2D eigenvalue weighted by Gasteiger charge is -2.25. The smallest absolute Gasteiger partial charge is 0.103 e. The minimum atomic E-state index is -0.483. The molecule has 0 bridgehead atoms. The van der Waals surface area contributed by atoms with E-state index in [-0.39, 0.29) is 24.8 Å². The molecule has 0 saturated carbocycles. The molecular formula is C15H21NO3. The standard InChI is InChI=1S/C15H21NO3/c17-9-13-15(14(18)12-7-4-8-16(12)13)19-10-11-5-2-1-3-6-11/h1-3,5-6,12-15,17-18H,4,7-10H2/t12-,13+,14+,15+/m0/s1. The van der Waals surface area contributed by atoms with Crippen molar-refractivity contribution in [2.75, 3.05) is 13.2 Å². The van der Waals surface area contributed by atoms with Gasteiger partial charge in [0.1, 0.15) is 6.10 Å². The zero-order valence-corrected chi connectivity index (χ0v) is 11.0. The molecular weight excluding hydrogens is 242 g/mol. The van der Waals surface area contributed by atoms with Gasteiger partial charge in [-0.2, -0.15) is 0 Å². The number of nitrogens with zero attached hydrogens (tertiary/aromatic N) is 1. The van der Waals surface area contributed by atoms with Crippen LogP contribution in [0.5, 0.6) is 0 Å².